The summed E-state index contributed by atoms with van der Waals surface area (Å²) in [4.78, 5) is 13.4. The van der Waals surface area contributed by atoms with Crippen LogP contribution in [0.4, 0.5) is 0 Å². The molecule has 0 unspecified atom stereocenters. The van der Waals surface area contributed by atoms with E-state index in [0.29, 0.717) is 12.2 Å². The summed E-state index contributed by atoms with van der Waals surface area (Å²) >= 11 is 0.749. The van der Waals surface area contributed by atoms with Gasteiger partial charge in [0.2, 0.25) is 0 Å². The predicted octanol–water partition coefficient (Wildman–Crippen LogP) is 1.99. The molecule has 0 spiro atoms. The Labute approximate surface area is 117 Å². The van der Waals surface area contributed by atoms with Crippen molar-refractivity contribution in [2.45, 2.75) is 50.2 Å². The summed E-state index contributed by atoms with van der Waals surface area (Å²) in [7, 11) is -3.57. The van der Waals surface area contributed by atoms with Gasteiger partial charge in [0.05, 0.1) is 0 Å². The summed E-state index contributed by atoms with van der Waals surface area (Å²) in [6, 6.07) is 0. The van der Waals surface area contributed by atoms with Crippen molar-refractivity contribution in [2.75, 3.05) is 6.54 Å². The van der Waals surface area contributed by atoms with E-state index in [-0.39, 0.29) is 14.5 Å². The van der Waals surface area contributed by atoms with Gasteiger partial charge in [-0.15, -0.1) is 0 Å². The molecule has 0 aromatic carbocycles. The van der Waals surface area contributed by atoms with E-state index in [0.717, 1.165) is 30.6 Å². The maximum atomic E-state index is 12.2. The normalized spacial score (nSPS) is 18.8. The van der Waals surface area contributed by atoms with E-state index in [1.807, 2.05) is 0 Å². The zero-order valence-corrected chi connectivity index (χ0v) is 12.9. The van der Waals surface area contributed by atoms with Gasteiger partial charge in [0.25, 0.3) is 10.0 Å². The predicted molar refractivity (Wildman–Crippen MR) is 76.1 cm³/mol. The molecule has 0 amide bonds. The molecule has 108 valence electrons. The number of nitrogens with one attached hydrogen (secondary N) is 2. The van der Waals surface area contributed by atoms with E-state index in [1.54, 1.807) is 6.92 Å². The van der Waals surface area contributed by atoms with Crippen LogP contribution < -0.4 is 9.60 Å². The van der Waals surface area contributed by atoms with E-state index in [2.05, 4.69) is 16.6 Å². The van der Waals surface area contributed by atoms with Gasteiger partial charge in [-0.25, -0.2) is 13.1 Å². The molecule has 1 fully saturated rings. The molecule has 2 rings (SSSR count). The van der Waals surface area contributed by atoms with Crippen LogP contribution in [0, 0.1) is 12.3 Å². The molecule has 0 atom stereocenters. The van der Waals surface area contributed by atoms with Crippen LogP contribution in [0.2, 0.25) is 0 Å². The smallest absolute Gasteiger partial charge is 0.305 e. The molecule has 0 radical (unpaired) electrons. The zero-order valence-electron chi connectivity index (χ0n) is 11.3. The van der Waals surface area contributed by atoms with E-state index in [4.69, 9.17) is 0 Å². The molecule has 1 aliphatic rings. The molecule has 0 bridgehead atoms. The number of rotatable bonds is 5. The van der Waals surface area contributed by atoms with Crippen molar-refractivity contribution in [3.8, 4) is 0 Å². The van der Waals surface area contributed by atoms with Crippen LogP contribution in [0.5, 0.6) is 0 Å². The number of sulfonamides is 1. The average molecular weight is 304 g/mol. The number of H-pyrrole nitrogens is 1. The molecule has 1 aromatic rings. The number of thiazole rings is 1. The van der Waals surface area contributed by atoms with Crippen molar-refractivity contribution >= 4 is 21.4 Å². The van der Waals surface area contributed by atoms with Crippen molar-refractivity contribution in [1.29, 1.82) is 0 Å². The van der Waals surface area contributed by atoms with Gasteiger partial charge in [-0.05, 0) is 31.6 Å². The van der Waals surface area contributed by atoms with Gasteiger partial charge in [0.1, 0.15) is 0 Å². The van der Waals surface area contributed by atoms with E-state index < -0.39 is 10.0 Å². The molecule has 1 aliphatic carbocycles. The largest absolute Gasteiger partial charge is 0.315 e. The van der Waals surface area contributed by atoms with E-state index in [1.165, 1.54) is 12.8 Å². The van der Waals surface area contributed by atoms with E-state index >= 15 is 0 Å². The summed E-state index contributed by atoms with van der Waals surface area (Å²) in [5.41, 5.74) is 0.516. The first kappa shape index (κ1) is 14.7. The summed E-state index contributed by atoms with van der Waals surface area (Å²) in [5.74, 6) is 0. The highest BCUT2D eigenvalue weighted by Gasteiger charge is 2.33. The minimum absolute atomic E-state index is 0.0994. The molecule has 5 nitrogen and oxygen atoms in total. The van der Waals surface area contributed by atoms with Crippen molar-refractivity contribution in [1.82, 2.24) is 9.71 Å². The second-order valence-electron chi connectivity index (χ2n) is 5.31. The van der Waals surface area contributed by atoms with Crippen molar-refractivity contribution < 1.29 is 8.42 Å². The lowest BCUT2D eigenvalue weighted by Crippen LogP contribution is -2.35. The number of aryl methyl sites for hydroxylation is 1. The molecular weight excluding hydrogens is 284 g/mol. The Morgan fingerprint density at radius 2 is 2.00 bits per heavy atom. The van der Waals surface area contributed by atoms with Crippen LogP contribution in [-0.2, 0) is 10.0 Å². The topological polar surface area (TPSA) is 79.0 Å². The lowest BCUT2D eigenvalue weighted by atomic mass is 9.84. The third-order valence-corrected chi connectivity index (χ3v) is 7.08. The highest BCUT2D eigenvalue weighted by Crippen LogP contribution is 2.40. The molecule has 0 saturated heterocycles. The Morgan fingerprint density at radius 1 is 1.37 bits per heavy atom. The molecular formula is C12H20N2O3S2. The standard InChI is InChI=1S/C12H20N2O3S2/c1-3-12(6-4-5-7-12)8-13-19(16,17)10-9(2)14-11(15)18-10/h13H,3-8H2,1-2H3,(H,14,15). The second kappa shape index (κ2) is 5.38. The first-order valence-corrected chi connectivity index (χ1v) is 8.88. The van der Waals surface area contributed by atoms with Crippen molar-refractivity contribution in [3.05, 3.63) is 15.4 Å². The van der Waals surface area contributed by atoms with Gasteiger partial charge < -0.3 is 4.98 Å². The lowest BCUT2D eigenvalue weighted by Gasteiger charge is -2.27. The fraction of sp³-hybridized carbons (Fsp3) is 0.750. The average Bonchev–Trinajstić information content (AvgIpc) is 2.95. The van der Waals surface area contributed by atoms with Crippen LogP contribution in [0.3, 0.4) is 0 Å². The fourth-order valence-corrected chi connectivity index (χ4v) is 5.24. The zero-order chi connectivity index (χ0) is 14.1. The Bertz CT molecular complexity index is 595. The number of hydrogen-bond donors (Lipinski definition) is 2. The highest BCUT2D eigenvalue weighted by atomic mass is 32.2. The van der Waals surface area contributed by atoms with Crippen LogP contribution in [-0.4, -0.2) is 19.9 Å². The maximum Gasteiger partial charge on any atom is 0.305 e. The molecule has 1 heterocycles. The van der Waals surface area contributed by atoms with E-state index in [9.17, 15) is 13.2 Å². The third kappa shape index (κ3) is 3.09. The SMILES string of the molecule is CCC1(CNS(=O)(=O)c2sc(=O)[nH]c2C)CCCC1. The van der Waals surface area contributed by atoms with Gasteiger partial charge in [0.15, 0.2) is 4.21 Å². The highest BCUT2D eigenvalue weighted by molar-refractivity contribution is 7.91. The Kier molecular flexibility index (Phi) is 4.17. The molecule has 2 N–H and O–H groups in total. The van der Waals surface area contributed by atoms with Gasteiger partial charge in [-0.2, -0.15) is 0 Å². The third-order valence-electron chi connectivity index (χ3n) is 4.08. The lowest BCUT2D eigenvalue weighted by molar-refractivity contribution is 0.286. The summed E-state index contributed by atoms with van der Waals surface area (Å²) in [6.45, 7) is 4.19. The first-order chi connectivity index (χ1) is 8.88. The van der Waals surface area contributed by atoms with Gasteiger partial charge in [-0.1, -0.05) is 31.1 Å². The van der Waals surface area contributed by atoms with Crippen LogP contribution in [0.1, 0.15) is 44.7 Å². The Hall–Kier alpha value is -0.660. The van der Waals surface area contributed by atoms with Crippen LogP contribution in [0.25, 0.3) is 0 Å². The minimum atomic E-state index is -3.57. The summed E-state index contributed by atoms with van der Waals surface area (Å²) < 4.78 is 27.2. The number of aromatic nitrogens is 1. The van der Waals surface area contributed by atoms with Crippen LogP contribution in [0.15, 0.2) is 9.00 Å². The summed E-state index contributed by atoms with van der Waals surface area (Å²) in [6.07, 6.45) is 5.48. The van der Waals surface area contributed by atoms with Gasteiger partial charge >= 0.3 is 4.87 Å². The molecule has 7 heteroatoms. The van der Waals surface area contributed by atoms with Crippen molar-refractivity contribution in [2.24, 2.45) is 5.41 Å². The summed E-state index contributed by atoms with van der Waals surface area (Å²) in [5, 5.41) is 0. The molecule has 19 heavy (non-hydrogen) atoms. The Balaban J connectivity index is 2.14. The Morgan fingerprint density at radius 3 is 2.47 bits per heavy atom. The number of aromatic amines is 1. The molecule has 0 aliphatic heterocycles. The van der Waals surface area contributed by atoms with Gasteiger partial charge in [-0.3, -0.25) is 4.79 Å². The molecule has 1 saturated carbocycles. The number of hydrogen-bond acceptors (Lipinski definition) is 4. The fourth-order valence-electron chi connectivity index (χ4n) is 2.74. The maximum absolute atomic E-state index is 12.2. The second-order valence-corrected chi connectivity index (χ2v) is 8.26. The monoisotopic (exact) mass is 304 g/mol. The van der Waals surface area contributed by atoms with Gasteiger partial charge in [0, 0.05) is 12.2 Å². The molecule has 1 aromatic heterocycles. The first-order valence-electron chi connectivity index (χ1n) is 6.58. The van der Waals surface area contributed by atoms with Crippen molar-refractivity contribution in [3.63, 3.8) is 0 Å². The quantitative estimate of drug-likeness (QED) is 0.873. The van der Waals surface area contributed by atoms with Crippen LogP contribution >= 0.6 is 11.3 Å². The minimum Gasteiger partial charge on any atom is -0.315 e.